The highest BCUT2D eigenvalue weighted by molar-refractivity contribution is 5.64. The minimum Gasteiger partial charge on any atom is -0.492 e. The van der Waals surface area contributed by atoms with Crippen molar-refractivity contribution in [2.75, 3.05) is 37.5 Å². The van der Waals surface area contributed by atoms with Crippen molar-refractivity contribution in [1.29, 1.82) is 0 Å². The molecule has 6 nitrogen and oxygen atoms in total. The molecule has 2 aromatic rings. The van der Waals surface area contributed by atoms with Gasteiger partial charge in [0.05, 0.1) is 12.3 Å². The van der Waals surface area contributed by atoms with Gasteiger partial charge in [-0.1, -0.05) is 12.1 Å². The van der Waals surface area contributed by atoms with E-state index in [2.05, 4.69) is 20.6 Å². The van der Waals surface area contributed by atoms with Crippen LogP contribution >= 0.6 is 0 Å². The SMILES string of the molecule is CCOc1ccccc1Nc1ccnc(NCCCOC)n1. The summed E-state index contributed by atoms with van der Waals surface area (Å²) < 4.78 is 10.6. The van der Waals surface area contributed by atoms with E-state index in [0.29, 0.717) is 19.2 Å². The van der Waals surface area contributed by atoms with Gasteiger partial charge in [-0.25, -0.2) is 4.98 Å². The Morgan fingerprint density at radius 2 is 2.05 bits per heavy atom. The zero-order valence-corrected chi connectivity index (χ0v) is 13.0. The van der Waals surface area contributed by atoms with Gasteiger partial charge in [-0.2, -0.15) is 4.98 Å². The molecule has 0 radical (unpaired) electrons. The van der Waals surface area contributed by atoms with Crippen LogP contribution in [-0.2, 0) is 4.74 Å². The van der Waals surface area contributed by atoms with Crippen molar-refractivity contribution in [3.05, 3.63) is 36.5 Å². The van der Waals surface area contributed by atoms with Gasteiger partial charge < -0.3 is 20.1 Å². The number of ether oxygens (including phenoxy) is 2. The summed E-state index contributed by atoms with van der Waals surface area (Å²) >= 11 is 0. The van der Waals surface area contributed by atoms with Gasteiger partial charge in [-0.05, 0) is 31.5 Å². The first-order valence-electron chi connectivity index (χ1n) is 7.38. The molecule has 0 bridgehead atoms. The molecule has 2 rings (SSSR count). The Labute approximate surface area is 130 Å². The van der Waals surface area contributed by atoms with Crippen molar-refractivity contribution in [1.82, 2.24) is 9.97 Å². The molecule has 0 unspecified atom stereocenters. The zero-order chi connectivity index (χ0) is 15.6. The molecule has 0 aliphatic heterocycles. The van der Waals surface area contributed by atoms with Crippen LogP contribution in [0.3, 0.4) is 0 Å². The summed E-state index contributed by atoms with van der Waals surface area (Å²) in [5, 5.41) is 6.43. The van der Waals surface area contributed by atoms with Crippen molar-refractivity contribution < 1.29 is 9.47 Å². The van der Waals surface area contributed by atoms with Gasteiger partial charge in [0.1, 0.15) is 11.6 Å². The van der Waals surface area contributed by atoms with Gasteiger partial charge in [0.25, 0.3) is 0 Å². The van der Waals surface area contributed by atoms with Gasteiger partial charge in [0.15, 0.2) is 0 Å². The van der Waals surface area contributed by atoms with Crippen LogP contribution in [0.15, 0.2) is 36.5 Å². The second-order valence-corrected chi connectivity index (χ2v) is 4.59. The highest BCUT2D eigenvalue weighted by Gasteiger charge is 2.04. The molecule has 22 heavy (non-hydrogen) atoms. The fraction of sp³-hybridized carbons (Fsp3) is 0.375. The summed E-state index contributed by atoms with van der Waals surface area (Å²) in [4.78, 5) is 8.64. The Hall–Kier alpha value is -2.34. The molecule has 0 aliphatic carbocycles. The molecule has 0 spiro atoms. The standard InChI is InChI=1S/C16H22N4O2/c1-3-22-14-8-5-4-7-13(14)19-15-9-11-18-16(20-15)17-10-6-12-21-2/h4-5,7-9,11H,3,6,10,12H2,1-2H3,(H2,17,18,19,20). The first kappa shape index (κ1) is 16.0. The van der Waals surface area contributed by atoms with Gasteiger partial charge >= 0.3 is 0 Å². The van der Waals surface area contributed by atoms with E-state index >= 15 is 0 Å². The first-order chi connectivity index (χ1) is 10.8. The van der Waals surface area contributed by atoms with Crippen molar-refractivity contribution in [2.45, 2.75) is 13.3 Å². The van der Waals surface area contributed by atoms with Crippen molar-refractivity contribution >= 4 is 17.5 Å². The monoisotopic (exact) mass is 302 g/mol. The molecule has 0 saturated carbocycles. The minimum atomic E-state index is 0.593. The number of hydrogen-bond acceptors (Lipinski definition) is 6. The Balaban J connectivity index is 2.01. The Morgan fingerprint density at radius 3 is 2.86 bits per heavy atom. The quantitative estimate of drug-likeness (QED) is 0.694. The number of para-hydroxylation sites is 2. The lowest BCUT2D eigenvalue weighted by Gasteiger charge is -2.12. The number of nitrogens with one attached hydrogen (secondary N) is 2. The van der Waals surface area contributed by atoms with E-state index in [-0.39, 0.29) is 0 Å². The third-order valence-electron chi connectivity index (χ3n) is 2.91. The molecule has 0 atom stereocenters. The molecule has 1 heterocycles. The van der Waals surface area contributed by atoms with Crippen molar-refractivity contribution in [3.8, 4) is 5.75 Å². The lowest BCUT2D eigenvalue weighted by molar-refractivity contribution is 0.197. The zero-order valence-electron chi connectivity index (χ0n) is 13.0. The average molecular weight is 302 g/mol. The first-order valence-corrected chi connectivity index (χ1v) is 7.38. The van der Waals surface area contributed by atoms with Crippen molar-refractivity contribution in [3.63, 3.8) is 0 Å². The molecular weight excluding hydrogens is 280 g/mol. The predicted octanol–water partition coefficient (Wildman–Crippen LogP) is 3.07. The number of methoxy groups -OCH3 is 1. The summed E-state index contributed by atoms with van der Waals surface area (Å²) in [7, 11) is 1.69. The van der Waals surface area contributed by atoms with E-state index in [1.54, 1.807) is 13.3 Å². The minimum absolute atomic E-state index is 0.593. The van der Waals surface area contributed by atoms with Gasteiger partial charge in [0, 0.05) is 26.5 Å². The number of nitrogens with zero attached hydrogens (tertiary/aromatic N) is 2. The highest BCUT2D eigenvalue weighted by atomic mass is 16.5. The number of anilines is 3. The lowest BCUT2D eigenvalue weighted by Crippen LogP contribution is -2.08. The summed E-state index contributed by atoms with van der Waals surface area (Å²) in [5.41, 5.74) is 0.883. The van der Waals surface area contributed by atoms with Crippen LogP contribution in [0.25, 0.3) is 0 Å². The van der Waals surface area contributed by atoms with Crippen LogP contribution in [0, 0.1) is 0 Å². The molecule has 6 heteroatoms. The second kappa shape index (κ2) is 8.84. The molecule has 2 N–H and O–H groups in total. The number of aromatic nitrogens is 2. The molecule has 0 saturated heterocycles. The number of benzene rings is 1. The summed E-state index contributed by atoms with van der Waals surface area (Å²) in [5.74, 6) is 2.12. The Kier molecular flexibility index (Phi) is 6.44. The normalized spacial score (nSPS) is 10.3. The van der Waals surface area contributed by atoms with Gasteiger partial charge in [-0.15, -0.1) is 0 Å². The van der Waals surface area contributed by atoms with E-state index in [0.717, 1.165) is 30.2 Å². The molecule has 118 valence electrons. The second-order valence-electron chi connectivity index (χ2n) is 4.59. The number of hydrogen-bond donors (Lipinski definition) is 2. The fourth-order valence-electron chi connectivity index (χ4n) is 1.92. The van der Waals surface area contributed by atoms with Crippen LogP contribution in [0.1, 0.15) is 13.3 Å². The van der Waals surface area contributed by atoms with Crippen molar-refractivity contribution in [2.24, 2.45) is 0 Å². The smallest absolute Gasteiger partial charge is 0.224 e. The average Bonchev–Trinajstić information content (AvgIpc) is 2.54. The summed E-state index contributed by atoms with van der Waals surface area (Å²) in [6, 6.07) is 9.60. The van der Waals surface area contributed by atoms with Crippen LogP contribution in [-0.4, -0.2) is 36.8 Å². The van der Waals surface area contributed by atoms with E-state index in [1.807, 2.05) is 37.3 Å². The van der Waals surface area contributed by atoms with Gasteiger partial charge in [-0.3, -0.25) is 0 Å². The molecule has 0 amide bonds. The Bertz CT molecular complexity index is 578. The third-order valence-corrected chi connectivity index (χ3v) is 2.91. The molecule has 1 aromatic carbocycles. The van der Waals surface area contributed by atoms with Crippen LogP contribution in [0.5, 0.6) is 5.75 Å². The maximum Gasteiger partial charge on any atom is 0.224 e. The van der Waals surface area contributed by atoms with Crippen LogP contribution in [0.2, 0.25) is 0 Å². The fourth-order valence-corrected chi connectivity index (χ4v) is 1.92. The van der Waals surface area contributed by atoms with Crippen LogP contribution in [0.4, 0.5) is 17.5 Å². The van der Waals surface area contributed by atoms with E-state index < -0.39 is 0 Å². The molecular formula is C16H22N4O2. The van der Waals surface area contributed by atoms with Gasteiger partial charge in [0.2, 0.25) is 5.95 Å². The van der Waals surface area contributed by atoms with E-state index in [9.17, 15) is 0 Å². The summed E-state index contributed by atoms with van der Waals surface area (Å²) in [6.07, 6.45) is 2.63. The van der Waals surface area contributed by atoms with E-state index in [4.69, 9.17) is 9.47 Å². The molecule has 0 aliphatic rings. The maximum atomic E-state index is 5.60. The topological polar surface area (TPSA) is 68.3 Å². The van der Waals surface area contributed by atoms with Crippen LogP contribution < -0.4 is 15.4 Å². The predicted molar refractivity (Wildman–Crippen MR) is 87.9 cm³/mol. The lowest BCUT2D eigenvalue weighted by atomic mass is 10.3. The third kappa shape index (κ3) is 4.89. The Morgan fingerprint density at radius 1 is 1.18 bits per heavy atom. The molecule has 1 aromatic heterocycles. The summed E-state index contributed by atoms with van der Waals surface area (Å²) in [6.45, 7) is 4.07. The highest BCUT2D eigenvalue weighted by Crippen LogP contribution is 2.26. The maximum absolute atomic E-state index is 5.60. The largest absolute Gasteiger partial charge is 0.492 e. The number of rotatable bonds is 9. The van der Waals surface area contributed by atoms with E-state index in [1.165, 1.54) is 0 Å². The molecule has 0 fully saturated rings.